The van der Waals surface area contributed by atoms with E-state index >= 15 is 0 Å². The first-order chi connectivity index (χ1) is 16.3. The molecule has 0 aliphatic heterocycles. The second-order valence-electron chi connectivity index (χ2n) is 7.49. The Morgan fingerprint density at radius 3 is 2.62 bits per heavy atom. The highest BCUT2D eigenvalue weighted by atomic mass is 35.5. The number of thioether (sulfide) groups is 1. The van der Waals surface area contributed by atoms with Crippen LogP contribution in [-0.4, -0.2) is 35.7 Å². The van der Waals surface area contributed by atoms with Gasteiger partial charge in [-0.3, -0.25) is 19.4 Å². The zero-order valence-electron chi connectivity index (χ0n) is 18.8. The summed E-state index contributed by atoms with van der Waals surface area (Å²) in [6.07, 6.45) is 0. The Balaban J connectivity index is 1.39. The Labute approximate surface area is 205 Å². The first-order valence-corrected chi connectivity index (χ1v) is 11.7. The Hall–Kier alpha value is -3.50. The van der Waals surface area contributed by atoms with Gasteiger partial charge >= 0.3 is 0 Å². The van der Waals surface area contributed by atoms with Crippen LogP contribution in [0.2, 0.25) is 5.02 Å². The highest BCUT2D eigenvalue weighted by Gasteiger charge is 2.22. The summed E-state index contributed by atoms with van der Waals surface area (Å²) in [5, 5.41) is 10.2. The van der Waals surface area contributed by atoms with Crippen LogP contribution in [0.3, 0.4) is 0 Å². The summed E-state index contributed by atoms with van der Waals surface area (Å²) in [6, 6.07) is 16.3. The lowest BCUT2D eigenvalue weighted by Gasteiger charge is -2.09. The minimum Gasteiger partial charge on any atom is -0.486 e. The van der Waals surface area contributed by atoms with Crippen LogP contribution in [0.1, 0.15) is 18.4 Å². The molecule has 0 aliphatic carbocycles. The molecule has 4 rings (SSSR count). The van der Waals surface area contributed by atoms with Crippen molar-refractivity contribution in [3.63, 3.8) is 0 Å². The normalized spacial score (nSPS) is 11.9. The lowest BCUT2D eigenvalue weighted by atomic mass is 10.3. The van der Waals surface area contributed by atoms with Crippen LogP contribution in [0.15, 0.2) is 64.5 Å². The van der Waals surface area contributed by atoms with Gasteiger partial charge in [-0.2, -0.15) is 0 Å². The van der Waals surface area contributed by atoms with Crippen LogP contribution in [0.5, 0.6) is 5.75 Å². The van der Waals surface area contributed by atoms with Crippen molar-refractivity contribution in [2.24, 2.45) is 7.05 Å². The number of aromatic amines is 1. The number of hydrogen-bond acceptors (Lipinski definition) is 6. The average Bonchev–Trinajstić information content (AvgIpc) is 3.36. The number of hydrogen-bond donors (Lipinski definition) is 2. The third kappa shape index (κ3) is 5.18. The number of carbonyl (C=O) groups excluding carboxylic acids is 1. The van der Waals surface area contributed by atoms with E-state index in [2.05, 4.69) is 20.5 Å². The molecule has 0 saturated carbocycles. The minimum atomic E-state index is -0.537. The molecule has 176 valence electrons. The van der Waals surface area contributed by atoms with Gasteiger partial charge in [0.1, 0.15) is 18.0 Å². The maximum Gasteiger partial charge on any atom is 0.295 e. The number of nitrogens with one attached hydrogen (secondary N) is 2. The summed E-state index contributed by atoms with van der Waals surface area (Å²) in [4.78, 5) is 30.2. The van der Waals surface area contributed by atoms with Gasteiger partial charge in [0.2, 0.25) is 11.1 Å². The number of anilines is 1. The van der Waals surface area contributed by atoms with E-state index in [4.69, 9.17) is 16.3 Å². The molecule has 1 atom stereocenters. The highest BCUT2D eigenvalue weighted by molar-refractivity contribution is 8.00. The number of para-hydroxylation sites is 1. The molecule has 0 spiro atoms. The highest BCUT2D eigenvalue weighted by Crippen LogP contribution is 2.22. The predicted molar refractivity (Wildman–Crippen MR) is 132 cm³/mol. The van der Waals surface area contributed by atoms with E-state index in [0.717, 1.165) is 5.69 Å². The second-order valence-corrected chi connectivity index (χ2v) is 9.24. The molecule has 0 bridgehead atoms. The molecule has 2 aromatic carbocycles. The monoisotopic (exact) mass is 498 g/mol. The van der Waals surface area contributed by atoms with Gasteiger partial charge in [0.25, 0.3) is 5.56 Å². The largest absolute Gasteiger partial charge is 0.486 e. The average molecular weight is 499 g/mol. The van der Waals surface area contributed by atoms with Crippen molar-refractivity contribution < 1.29 is 9.53 Å². The van der Waals surface area contributed by atoms with Gasteiger partial charge < -0.3 is 10.1 Å². The molecule has 0 unspecified atom stereocenters. The third-order valence-corrected chi connectivity index (χ3v) is 6.37. The van der Waals surface area contributed by atoms with Gasteiger partial charge in [-0.1, -0.05) is 41.6 Å². The van der Waals surface area contributed by atoms with E-state index in [-0.39, 0.29) is 23.8 Å². The van der Waals surface area contributed by atoms with Gasteiger partial charge in [-0.05, 0) is 50.2 Å². The van der Waals surface area contributed by atoms with E-state index in [1.807, 2.05) is 30.3 Å². The van der Waals surface area contributed by atoms with E-state index in [9.17, 15) is 9.59 Å². The van der Waals surface area contributed by atoms with E-state index in [0.29, 0.717) is 27.4 Å². The van der Waals surface area contributed by atoms with Crippen LogP contribution in [0, 0.1) is 6.92 Å². The number of rotatable bonds is 8. The summed E-state index contributed by atoms with van der Waals surface area (Å²) < 4.78 is 8.88. The van der Waals surface area contributed by atoms with Gasteiger partial charge in [0, 0.05) is 12.1 Å². The molecular weight excluding hydrogens is 476 g/mol. The van der Waals surface area contributed by atoms with E-state index in [1.54, 1.807) is 49.8 Å². The summed E-state index contributed by atoms with van der Waals surface area (Å²) in [6.45, 7) is 3.71. The first-order valence-electron chi connectivity index (χ1n) is 10.4. The zero-order valence-corrected chi connectivity index (χ0v) is 20.4. The van der Waals surface area contributed by atoms with Crippen molar-refractivity contribution in [2.75, 3.05) is 5.32 Å². The van der Waals surface area contributed by atoms with Crippen molar-refractivity contribution in [1.29, 1.82) is 0 Å². The van der Waals surface area contributed by atoms with Crippen molar-refractivity contribution in [2.45, 2.75) is 30.9 Å². The number of ether oxygens (including phenoxy) is 1. The molecule has 34 heavy (non-hydrogen) atoms. The SMILES string of the molecule is Cc1c(NC(=O)[C@@H](C)Sc2n[nH]c(COc3ccc(Cl)cc3)n2)c(=O)n(-c2ccccc2)n1C. The molecule has 2 heterocycles. The van der Waals surface area contributed by atoms with Crippen molar-refractivity contribution in [3.8, 4) is 11.4 Å². The molecule has 4 aromatic rings. The number of aromatic nitrogens is 5. The van der Waals surface area contributed by atoms with Gasteiger partial charge in [0.05, 0.1) is 16.6 Å². The molecule has 0 aliphatic rings. The summed E-state index contributed by atoms with van der Waals surface area (Å²) >= 11 is 7.05. The van der Waals surface area contributed by atoms with Gasteiger partial charge in [0.15, 0.2) is 5.82 Å². The van der Waals surface area contributed by atoms with Crippen LogP contribution in [0.4, 0.5) is 5.69 Å². The van der Waals surface area contributed by atoms with Gasteiger partial charge in [-0.25, -0.2) is 9.67 Å². The number of H-pyrrole nitrogens is 1. The molecular formula is C23H23ClN6O3S. The molecule has 2 N–H and O–H groups in total. The second kappa shape index (κ2) is 10.2. The molecule has 11 heteroatoms. The zero-order chi connectivity index (χ0) is 24.2. The standard InChI is InChI=1S/C23H23ClN6O3S/c1-14-20(22(32)30(29(14)3)17-7-5-4-6-8-17)26-21(31)15(2)34-23-25-19(27-28-23)13-33-18-11-9-16(24)10-12-18/h4-12,15H,13H2,1-3H3,(H,26,31)(H,25,27,28)/t15-/m1/s1. The first kappa shape index (κ1) is 23.7. The quantitative estimate of drug-likeness (QED) is 0.356. The molecule has 0 fully saturated rings. The molecule has 9 nitrogen and oxygen atoms in total. The number of carbonyl (C=O) groups is 1. The van der Waals surface area contributed by atoms with Crippen molar-refractivity contribution in [1.82, 2.24) is 24.5 Å². The number of benzene rings is 2. The van der Waals surface area contributed by atoms with Crippen molar-refractivity contribution in [3.05, 3.63) is 81.5 Å². The summed E-state index contributed by atoms with van der Waals surface area (Å²) in [5.74, 6) is 0.858. The maximum atomic E-state index is 13.0. The van der Waals surface area contributed by atoms with Crippen LogP contribution in [0.25, 0.3) is 5.69 Å². The fourth-order valence-electron chi connectivity index (χ4n) is 3.23. The van der Waals surface area contributed by atoms with Crippen LogP contribution in [-0.2, 0) is 18.4 Å². The minimum absolute atomic E-state index is 0.192. The van der Waals surface area contributed by atoms with Crippen molar-refractivity contribution >= 4 is 35.0 Å². The Morgan fingerprint density at radius 1 is 1.21 bits per heavy atom. The Bertz CT molecular complexity index is 1350. The maximum absolute atomic E-state index is 13.0. The Morgan fingerprint density at radius 2 is 1.91 bits per heavy atom. The van der Waals surface area contributed by atoms with E-state index in [1.165, 1.54) is 16.4 Å². The molecule has 0 radical (unpaired) electrons. The predicted octanol–water partition coefficient (Wildman–Crippen LogP) is 3.95. The Kier molecular flexibility index (Phi) is 7.09. The molecule has 0 saturated heterocycles. The molecule has 2 aromatic heterocycles. The van der Waals surface area contributed by atoms with Crippen LogP contribution < -0.4 is 15.6 Å². The fourth-order valence-corrected chi connectivity index (χ4v) is 4.10. The summed E-state index contributed by atoms with van der Waals surface area (Å²) in [7, 11) is 1.78. The topological polar surface area (TPSA) is 107 Å². The number of halogens is 1. The fraction of sp³-hybridized carbons (Fsp3) is 0.217. The third-order valence-electron chi connectivity index (χ3n) is 5.15. The lowest BCUT2D eigenvalue weighted by Crippen LogP contribution is -2.27. The number of nitrogens with zero attached hydrogens (tertiary/aromatic N) is 4. The summed E-state index contributed by atoms with van der Waals surface area (Å²) in [5.41, 5.74) is 1.32. The molecule has 1 amide bonds. The van der Waals surface area contributed by atoms with Crippen LogP contribution >= 0.6 is 23.4 Å². The lowest BCUT2D eigenvalue weighted by molar-refractivity contribution is -0.115. The van der Waals surface area contributed by atoms with E-state index < -0.39 is 5.25 Å². The van der Waals surface area contributed by atoms with Gasteiger partial charge in [-0.15, -0.1) is 5.10 Å². The smallest absolute Gasteiger partial charge is 0.295 e. The number of amides is 1.